The van der Waals surface area contributed by atoms with Gasteiger partial charge in [-0.25, -0.2) is 0 Å². The molecule has 2 aromatic carbocycles. The van der Waals surface area contributed by atoms with Crippen LogP contribution >= 0.6 is 0 Å². The van der Waals surface area contributed by atoms with Crippen molar-refractivity contribution in [3.8, 4) is 11.5 Å². The van der Waals surface area contributed by atoms with Crippen molar-refractivity contribution >= 4 is 23.2 Å². The first-order chi connectivity index (χ1) is 12.7. The van der Waals surface area contributed by atoms with Crippen molar-refractivity contribution in [3.05, 3.63) is 48.0 Å². The van der Waals surface area contributed by atoms with E-state index in [1.807, 2.05) is 6.92 Å². The topological polar surface area (TPSA) is 76.7 Å². The molecular weight excluding hydrogens is 332 g/mol. The fourth-order valence-corrected chi connectivity index (χ4v) is 2.62. The largest absolute Gasteiger partial charge is 0.486 e. The zero-order chi connectivity index (χ0) is 18.4. The van der Waals surface area contributed by atoms with Crippen LogP contribution in [0, 0.1) is 0 Å². The molecule has 2 N–H and O–H groups in total. The lowest BCUT2D eigenvalue weighted by Crippen LogP contribution is -2.17. The smallest absolute Gasteiger partial charge is 0.255 e. The van der Waals surface area contributed by atoms with E-state index in [1.54, 1.807) is 42.5 Å². The summed E-state index contributed by atoms with van der Waals surface area (Å²) in [6.45, 7) is 3.02. The van der Waals surface area contributed by atoms with Crippen LogP contribution in [0.5, 0.6) is 11.5 Å². The molecule has 0 saturated heterocycles. The van der Waals surface area contributed by atoms with E-state index in [0.29, 0.717) is 48.1 Å². The first-order valence-electron chi connectivity index (χ1n) is 8.76. The normalized spacial score (nSPS) is 12.3. The third kappa shape index (κ3) is 4.53. The first kappa shape index (κ1) is 17.8. The van der Waals surface area contributed by atoms with Gasteiger partial charge in [0.15, 0.2) is 11.5 Å². The van der Waals surface area contributed by atoms with E-state index >= 15 is 0 Å². The van der Waals surface area contributed by atoms with Gasteiger partial charge in [0.25, 0.3) is 5.91 Å². The number of carbonyl (C=O) groups is 2. The first-order valence-corrected chi connectivity index (χ1v) is 8.76. The maximum atomic E-state index is 12.5. The Morgan fingerprint density at radius 2 is 1.69 bits per heavy atom. The maximum absolute atomic E-state index is 12.5. The van der Waals surface area contributed by atoms with Crippen molar-refractivity contribution < 1.29 is 19.1 Å². The Hall–Kier alpha value is -3.02. The van der Waals surface area contributed by atoms with Crippen LogP contribution in [0.25, 0.3) is 0 Å². The van der Waals surface area contributed by atoms with Crippen LogP contribution in [0.2, 0.25) is 0 Å². The van der Waals surface area contributed by atoms with Crippen molar-refractivity contribution in [3.63, 3.8) is 0 Å². The second kappa shape index (κ2) is 8.38. The fourth-order valence-electron chi connectivity index (χ4n) is 2.62. The summed E-state index contributed by atoms with van der Waals surface area (Å²) in [4.78, 5) is 24.3. The third-order valence-electron chi connectivity index (χ3n) is 3.97. The van der Waals surface area contributed by atoms with Crippen molar-refractivity contribution in [1.29, 1.82) is 0 Å². The summed E-state index contributed by atoms with van der Waals surface area (Å²) in [6, 6.07) is 12.2. The highest BCUT2D eigenvalue weighted by Gasteiger charge is 2.15. The maximum Gasteiger partial charge on any atom is 0.255 e. The zero-order valence-corrected chi connectivity index (χ0v) is 14.7. The van der Waals surface area contributed by atoms with Gasteiger partial charge in [-0.15, -0.1) is 0 Å². The number of fused-ring (bicyclic) bond motifs is 1. The highest BCUT2D eigenvalue weighted by Crippen LogP contribution is 2.31. The number of rotatable bonds is 6. The van der Waals surface area contributed by atoms with E-state index in [0.717, 1.165) is 12.8 Å². The zero-order valence-electron chi connectivity index (χ0n) is 14.7. The van der Waals surface area contributed by atoms with Gasteiger partial charge in [-0.05, 0) is 42.8 Å². The van der Waals surface area contributed by atoms with Gasteiger partial charge < -0.3 is 20.1 Å². The van der Waals surface area contributed by atoms with E-state index in [-0.39, 0.29) is 11.8 Å². The standard InChI is InChI=1S/C20H22N2O4/c1-2-3-7-19(23)21-15-5-4-6-16(13-15)22-20(24)14-8-9-17-18(12-14)26-11-10-25-17/h4-6,8-9,12-13H,2-3,7,10-11H2,1H3,(H,21,23)(H,22,24). The molecule has 0 saturated carbocycles. The molecule has 0 aliphatic carbocycles. The lowest BCUT2D eigenvalue weighted by atomic mass is 10.1. The molecule has 2 amide bonds. The monoisotopic (exact) mass is 354 g/mol. The average Bonchev–Trinajstić information content (AvgIpc) is 2.66. The lowest BCUT2D eigenvalue weighted by molar-refractivity contribution is -0.116. The summed E-state index contributed by atoms with van der Waals surface area (Å²) in [6.07, 6.45) is 2.32. The van der Waals surface area contributed by atoms with Crippen LogP contribution in [-0.4, -0.2) is 25.0 Å². The highest BCUT2D eigenvalue weighted by atomic mass is 16.6. The van der Waals surface area contributed by atoms with E-state index in [9.17, 15) is 9.59 Å². The molecule has 2 aromatic rings. The fraction of sp³-hybridized carbons (Fsp3) is 0.300. The van der Waals surface area contributed by atoms with Crippen LogP contribution in [0.4, 0.5) is 11.4 Å². The van der Waals surface area contributed by atoms with Crippen molar-refractivity contribution in [1.82, 2.24) is 0 Å². The van der Waals surface area contributed by atoms with E-state index in [2.05, 4.69) is 10.6 Å². The van der Waals surface area contributed by atoms with E-state index in [1.165, 1.54) is 0 Å². The van der Waals surface area contributed by atoms with Crippen LogP contribution < -0.4 is 20.1 Å². The molecule has 0 unspecified atom stereocenters. The van der Waals surface area contributed by atoms with Gasteiger partial charge in [0.1, 0.15) is 13.2 Å². The third-order valence-corrected chi connectivity index (χ3v) is 3.97. The van der Waals surface area contributed by atoms with Crippen molar-refractivity contribution in [2.75, 3.05) is 23.8 Å². The van der Waals surface area contributed by atoms with Crippen LogP contribution in [0.15, 0.2) is 42.5 Å². The second-order valence-electron chi connectivity index (χ2n) is 6.05. The van der Waals surface area contributed by atoms with E-state index < -0.39 is 0 Å². The SMILES string of the molecule is CCCCC(=O)Nc1cccc(NC(=O)c2ccc3c(c2)OCCO3)c1. The molecule has 1 heterocycles. The molecule has 1 aliphatic rings. The van der Waals surface area contributed by atoms with E-state index in [4.69, 9.17) is 9.47 Å². The Morgan fingerprint density at radius 3 is 2.46 bits per heavy atom. The van der Waals surface area contributed by atoms with Gasteiger partial charge in [-0.2, -0.15) is 0 Å². The highest BCUT2D eigenvalue weighted by molar-refractivity contribution is 6.05. The summed E-state index contributed by atoms with van der Waals surface area (Å²) < 4.78 is 11.0. The number of hydrogen-bond acceptors (Lipinski definition) is 4. The molecule has 136 valence electrons. The molecule has 0 atom stereocenters. The number of anilines is 2. The van der Waals surface area contributed by atoms with Gasteiger partial charge >= 0.3 is 0 Å². The lowest BCUT2D eigenvalue weighted by Gasteiger charge is -2.18. The molecule has 26 heavy (non-hydrogen) atoms. The number of benzene rings is 2. The predicted octanol–water partition coefficient (Wildman–Crippen LogP) is 3.84. The Labute approximate surface area is 152 Å². The quantitative estimate of drug-likeness (QED) is 0.826. The second-order valence-corrected chi connectivity index (χ2v) is 6.05. The molecule has 1 aliphatic heterocycles. The summed E-state index contributed by atoms with van der Waals surface area (Å²) in [7, 11) is 0. The Kier molecular flexibility index (Phi) is 5.73. The van der Waals surface area contributed by atoms with Gasteiger partial charge in [0.05, 0.1) is 0 Å². The molecule has 0 bridgehead atoms. The number of ether oxygens (including phenoxy) is 2. The van der Waals surface area contributed by atoms with Crippen molar-refractivity contribution in [2.24, 2.45) is 0 Å². The Morgan fingerprint density at radius 1 is 0.962 bits per heavy atom. The minimum Gasteiger partial charge on any atom is -0.486 e. The number of unbranched alkanes of at least 4 members (excludes halogenated alkanes) is 1. The summed E-state index contributed by atoms with van der Waals surface area (Å²) >= 11 is 0. The minimum absolute atomic E-state index is 0.0258. The summed E-state index contributed by atoms with van der Waals surface area (Å²) in [5.41, 5.74) is 1.75. The molecule has 0 radical (unpaired) electrons. The number of carbonyl (C=O) groups excluding carboxylic acids is 2. The number of nitrogens with one attached hydrogen (secondary N) is 2. The molecule has 6 nitrogen and oxygen atoms in total. The molecule has 0 fully saturated rings. The van der Waals surface area contributed by atoms with Gasteiger partial charge in [0.2, 0.25) is 5.91 Å². The number of amides is 2. The van der Waals surface area contributed by atoms with Crippen LogP contribution in [0.1, 0.15) is 36.5 Å². The molecule has 6 heteroatoms. The summed E-state index contributed by atoms with van der Waals surface area (Å²) in [5, 5.41) is 5.68. The molecular formula is C20H22N2O4. The average molecular weight is 354 g/mol. The molecule has 0 aromatic heterocycles. The molecule has 0 spiro atoms. The van der Waals surface area contributed by atoms with Gasteiger partial charge in [0, 0.05) is 23.4 Å². The Balaban J connectivity index is 1.66. The van der Waals surface area contributed by atoms with Gasteiger partial charge in [-0.1, -0.05) is 19.4 Å². The summed E-state index contributed by atoms with van der Waals surface area (Å²) in [5.74, 6) is 0.934. The molecule has 3 rings (SSSR count). The minimum atomic E-state index is -0.253. The number of hydrogen-bond donors (Lipinski definition) is 2. The van der Waals surface area contributed by atoms with Crippen LogP contribution in [0.3, 0.4) is 0 Å². The predicted molar refractivity (Wildman–Crippen MR) is 100.0 cm³/mol. The van der Waals surface area contributed by atoms with Crippen LogP contribution in [-0.2, 0) is 4.79 Å². The van der Waals surface area contributed by atoms with Gasteiger partial charge in [-0.3, -0.25) is 9.59 Å². The van der Waals surface area contributed by atoms with Crippen molar-refractivity contribution in [2.45, 2.75) is 26.2 Å². The Bertz CT molecular complexity index is 804.